The monoisotopic (exact) mass is 209 g/mol. The third-order valence-corrected chi connectivity index (χ3v) is 4.09. The van der Waals surface area contributed by atoms with E-state index in [0.717, 1.165) is 23.6 Å². The Labute approximate surface area is 86.3 Å². The fraction of sp³-hybridized carbons (Fsp3) is 0.600. The van der Waals surface area contributed by atoms with E-state index in [0.29, 0.717) is 12.5 Å². The number of ether oxygens (including phenoxy) is 1. The zero-order valence-electron chi connectivity index (χ0n) is 7.95. The van der Waals surface area contributed by atoms with E-state index < -0.39 is 0 Å². The summed E-state index contributed by atoms with van der Waals surface area (Å²) in [4.78, 5) is 12.9. The number of fused-ring (bicyclic) bond motifs is 1. The molecule has 1 aromatic rings. The number of carbonyl (C=O) groups is 1. The van der Waals surface area contributed by atoms with Gasteiger partial charge in [-0.25, -0.2) is 0 Å². The van der Waals surface area contributed by atoms with Crippen molar-refractivity contribution in [2.45, 2.75) is 13.3 Å². The highest BCUT2D eigenvalue weighted by molar-refractivity contribution is 7.08. The molecule has 1 aromatic heterocycles. The van der Waals surface area contributed by atoms with Gasteiger partial charge < -0.3 is 4.74 Å². The van der Waals surface area contributed by atoms with Crippen LogP contribution in [0.15, 0.2) is 6.07 Å². The Balaban J connectivity index is 1.90. The van der Waals surface area contributed by atoms with E-state index in [1.807, 2.05) is 13.0 Å². The zero-order valence-corrected chi connectivity index (χ0v) is 8.76. The third-order valence-electron chi connectivity index (χ3n) is 3.21. The molecule has 74 valence electrons. The van der Waals surface area contributed by atoms with Crippen LogP contribution in [0.3, 0.4) is 0 Å². The molecule has 0 spiro atoms. The molecule has 0 N–H and O–H groups in total. The summed E-state index contributed by atoms with van der Waals surface area (Å²) in [5, 5.41) is 0. The molecule has 0 bridgehead atoms. The van der Waals surface area contributed by atoms with Gasteiger partial charge in [0, 0.05) is 0 Å². The molecule has 2 heterocycles. The lowest BCUT2D eigenvalue weighted by atomic mass is 9.99. The average molecular weight is 209 g/mol. The lowest BCUT2D eigenvalue weighted by molar-refractivity contribution is 0.0833. The van der Waals surface area contributed by atoms with Crippen LogP contribution in [0.2, 0.25) is 0 Å². The molecule has 14 heavy (non-hydrogen) atoms. The zero-order chi connectivity index (χ0) is 9.76. The number of hydrogen-bond donors (Lipinski definition) is 0. The molecular formula is C10H11NO2S. The summed E-state index contributed by atoms with van der Waals surface area (Å²) in [5.74, 6) is 0.739. The molecule has 2 aliphatic rings. The van der Waals surface area contributed by atoms with E-state index >= 15 is 0 Å². The van der Waals surface area contributed by atoms with E-state index in [-0.39, 0.29) is 11.2 Å². The molecule has 2 atom stereocenters. The number of carbonyl (C=O) groups excluding carboxylic acids is 1. The fourth-order valence-corrected chi connectivity index (χ4v) is 3.02. The third kappa shape index (κ3) is 1.01. The maximum atomic E-state index is 12.1. The van der Waals surface area contributed by atoms with Gasteiger partial charge in [0.25, 0.3) is 0 Å². The van der Waals surface area contributed by atoms with Crippen LogP contribution in [0, 0.1) is 18.3 Å². The van der Waals surface area contributed by atoms with Crippen LogP contribution in [0.4, 0.5) is 0 Å². The molecule has 1 saturated carbocycles. The smallest absolute Gasteiger partial charge is 0.183 e. The largest absolute Gasteiger partial charge is 0.380 e. The lowest BCUT2D eigenvalue weighted by Crippen LogP contribution is -2.18. The van der Waals surface area contributed by atoms with Crippen molar-refractivity contribution in [3.63, 3.8) is 0 Å². The molecular weight excluding hydrogens is 198 g/mol. The highest BCUT2D eigenvalue weighted by Gasteiger charge is 2.63. The minimum Gasteiger partial charge on any atom is -0.380 e. The first-order valence-corrected chi connectivity index (χ1v) is 5.55. The van der Waals surface area contributed by atoms with Crippen LogP contribution in [0.1, 0.15) is 21.8 Å². The summed E-state index contributed by atoms with van der Waals surface area (Å²) in [6, 6.07) is 1.88. The van der Waals surface area contributed by atoms with Gasteiger partial charge in [0.05, 0.1) is 29.2 Å². The molecule has 0 aromatic carbocycles. The summed E-state index contributed by atoms with van der Waals surface area (Å²) in [6.07, 6.45) is 1.02. The molecule has 4 heteroatoms. The molecule has 2 unspecified atom stereocenters. The van der Waals surface area contributed by atoms with Gasteiger partial charge in [-0.05, 0) is 36.9 Å². The molecule has 0 amide bonds. The Morgan fingerprint density at radius 3 is 3.14 bits per heavy atom. The van der Waals surface area contributed by atoms with Crippen LogP contribution in [0.5, 0.6) is 0 Å². The second-order valence-corrected chi connectivity index (χ2v) is 5.04. The van der Waals surface area contributed by atoms with Crippen molar-refractivity contribution in [2.24, 2.45) is 11.3 Å². The molecule has 0 radical (unpaired) electrons. The van der Waals surface area contributed by atoms with Crippen molar-refractivity contribution in [3.05, 3.63) is 16.6 Å². The fourth-order valence-electron chi connectivity index (χ4n) is 2.22. The topological polar surface area (TPSA) is 39.2 Å². The number of aromatic nitrogens is 1. The Morgan fingerprint density at radius 2 is 2.64 bits per heavy atom. The van der Waals surface area contributed by atoms with Crippen LogP contribution >= 0.6 is 11.5 Å². The summed E-state index contributed by atoms with van der Waals surface area (Å²) in [7, 11) is 0. The predicted octanol–water partition coefficient (Wildman–Crippen LogP) is 1.67. The molecule has 2 fully saturated rings. The van der Waals surface area contributed by atoms with Gasteiger partial charge in [-0.15, -0.1) is 0 Å². The van der Waals surface area contributed by atoms with Crippen LogP contribution in [0.25, 0.3) is 0 Å². The number of rotatable bonds is 2. The van der Waals surface area contributed by atoms with Crippen molar-refractivity contribution < 1.29 is 9.53 Å². The van der Waals surface area contributed by atoms with Crippen LogP contribution < -0.4 is 0 Å². The quantitative estimate of drug-likeness (QED) is 0.695. The van der Waals surface area contributed by atoms with Crippen LogP contribution in [-0.4, -0.2) is 23.4 Å². The molecule has 1 aliphatic carbocycles. The number of nitrogens with zero attached hydrogens (tertiary/aromatic N) is 1. The standard InChI is InChI=1S/C10H11NO2S/c1-6-2-8(14-11-6)9(12)10-3-7(10)4-13-5-10/h2,7H,3-5H2,1H3. The van der Waals surface area contributed by atoms with Crippen LogP contribution in [-0.2, 0) is 4.74 Å². The Bertz CT molecular complexity index is 401. The van der Waals surface area contributed by atoms with Crippen molar-refractivity contribution in [1.82, 2.24) is 4.37 Å². The normalized spacial score (nSPS) is 34.2. The summed E-state index contributed by atoms with van der Waals surface area (Å²) in [5.41, 5.74) is 0.782. The highest BCUT2D eigenvalue weighted by Crippen LogP contribution is 2.58. The van der Waals surface area contributed by atoms with E-state index in [1.165, 1.54) is 11.5 Å². The first-order chi connectivity index (χ1) is 6.72. The van der Waals surface area contributed by atoms with E-state index in [9.17, 15) is 4.79 Å². The second-order valence-electron chi connectivity index (χ2n) is 4.23. The van der Waals surface area contributed by atoms with E-state index in [1.54, 1.807) is 0 Å². The molecule has 3 nitrogen and oxygen atoms in total. The number of aryl methyl sites for hydroxylation is 1. The SMILES string of the molecule is Cc1cc(C(=O)C23COCC2C3)sn1. The molecule has 1 aliphatic heterocycles. The van der Waals surface area contributed by atoms with E-state index in [2.05, 4.69) is 4.37 Å². The van der Waals surface area contributed by atoms with Crippen molar-refractivity contribution in [1.29, 1.82) is 0 Å². The van der Waals surface area contributed by atoms with Gasteiger partial charge in [-0.3, -0.25) is 4.79 Å². The predicted molar refractivity (Wildman–Crippen MR) is 52.5 cm³/mol. The maximum Gasteiger partial charge on any atom is 0.183 e. The summed E-state index contributed by atoms with van der Waals surface area (Å²) in [6.45, 7) is 3.30. The van der Waals surface area contributed by atoms with Gasteiger partial charge >= 0.3 is 0 Å². The van der Waals surface area contributed by atoms with E-state index in [4.69, 9.17) is 4.74 Å². The lowest BCUT2D eigenvalue weighted by Gasteiger charge is -2.06. The molecule has 1 saturated heterocycles. The van der Waals surface area contributed by atoms with Gasteiger partial charge in [0.2, 0.25) is 0 Å². The number of ketones is 1. The second kappa shape index (κ2) is 2.64. The van der Waals surface area contributed by atoms with Crippen molar-refractivity contribution in [3.8, 4) is 0 Å². The minimum absolute atomic E-state index is 0.154. The van der Waals surface area contributed by atoms with Crippen molar-refractivity contribution in [2.75, 3.05) is 13.2 Å². The number of Topliss-reactive ketones (excluding diaryl/α,β-unsaturated/α-hetero) is 1. The minimum atomic E-state index is -0.154. The van der Waals surface area contributed by atoms with Gasteiger partial charge in [-0.2, -0.15) is 4.37 Å². The molecule has 3 rings (SSSR count). The first kappa shape index (κ1) is 8.56. The van der Waals surface area contributed by atoms with Gasteiger partial charge in [-0.1, -0.05) is 0 Å². The Hall–Kier alpha value is -0.740. The van der Waals surface area contributed by atoms with Crippen molar-refractivity contribution >= 4 is 17.3 Å². The summed E-state index contributed by atoms with van der Waals surface area (Å²) < 4.78 is 9.46. The number of hydrogen-bond acceptors (Lipinski definition) is 4. The van der Waals surface area contributed by atoms with Gasteiger partial charge in [0.15, 0.2) is 5.78 Å². The Kier molecular flexibility index (Phi) is 1.61. The first-order valence-electron chi connectivity index (χ1n) is 4.78. The average Bonchev–Trinajstić information content (AvgIpc) is 2.59. The summed E-state index contributed by atoms with van der Waals surface area (Å²) >= 11 is 1.31. The Morgan fingerprint density at radius 1 is 1.79 bits per heavy atom. The maximum absolute atomic E-state index is 12.1. The van der Waals surface area contributed by atoms with Gasteiger partial charge in [0.1, 0.15) is 0 Å². The highest BCUT2D eigenvalue weighted by atomic mass is 32.1.